The maximum atomic E-state index is 11.3. The first-order chi connectivity index (χ1) is 7.41. The highest BCUT2D eigenvalue weighted by atomic mass is 16.5. The van der Waals surface area contributed by atoms with Crippen molar-refractivity contribution in [3.05, 3.63) is 28.8 Å². The Morgan fingerprint density at radius 2 is 1.81 bits per heavy atom. The summed E-state index contributed by atoms with van der Waals surface area (Å²) in [6.07, 6.45) is 0. The lowest BCUT2D eigenvalue weighted by Crippen LogP contribution is -2.11. The molecule has 0 aliphatic rings. The van der Waals surface area contributed by atoms with E-state index < -0.39 is 0 Å². The van der Waals surface area contributed by atoms with Gasteiger partial charge in [0.1, 0.15) is 12.4 Å². The van der Waals surface area contributed by atoms with Crippen molar-refractivity contribution in [2.45, 2.75) is 34.3 Å². The first-order valence-electron chi connectivity index (χ1n) is 5.37. The van der Waals surface area contributed by atoms with Crippen LogP contribution in [0.25, 0.3) is 0 Å². The van der Waals surface area contributed by atoms with Gasteiger partial charge in [-0.05, 0) is 42.7 Å². The molecule has 0 saturated heterocycles. The van der Waals surface area contributed by atoms with Crippen molar-refractivity contribution >= 4 is 5.97 Å². The molecule has 0 bridgehead atoms. The van der Waals surface area contributed by atoms with Gasteiger partial charge in [0, 0.05) is 0 Å². The maximum absolute atomic E-state index is 11.3. The van der Waals surface area contributed by atoms with E-state index >= 15 is 0 Å². The Kier molecular flexibility index (Phi) is 3.93. The molecular weight excluding hydrogens is 204 g/mol. The quantitative estimate of drug-likeness (QED) is 0.800. The molecule has 3 heteroatoms. The molecule has 0 aromatic heterocycles. The molecule has 0 spiro atoms. The molecule has 3 nitrogen and oxygen atoms in total. The summed E-state index contributed by atoms with van der Waals surface area (Å²) in [6.45, 7) is 7.52. The molecule has 0 fully saturated rings. The number of hydrogen-bond acceptors (Lipinski definition) is 3. The number of phenolic OH excluding ortho intramolecular Hbond substituents is 1. The summed E-state index contributed by atoms with van der Waals surface area (Å²) in [5.74, 6) is -0.0124. The zero-order chi connectivity index (χ0) is 12.3. The van der Waals surface area contributed by atoms with Crippen LogP contribution in [0, 0.1) is 19.8 Å². The number of hydrogen-bond donors (Lipinski definition) is 1. The SMILES string of the molecule is Cc1cc(COC(=O)C(C)C)cc(C)c1O. The summed E-state index contributed by atoms with van der Waals surface area (Å²) in [6, 6.07) is 3.66. The van der Waals surface area contributed by atoms with Crippen molar-refractivity contribution in [2.24, 2.45) is 5.92 Å². The smallest absolute Gasteiger partial charge is 0.308 e. The lowest BCUT2D eigenvalue weighted by molar-refractivity contribution is -0.148. The van der Waals surface area contributed by atoms with Crippen molar-refractivity contribution in [1.82, 2.24) is 0 Å². The monoisotopic (exact) mass is 222 g/mol. The van der Waals surface area contributed by atoms with Gasteiger partial charge in [-0.25, -0.2) is 0 Å². The number of benzene rings is 1. The lowest BCUT2D eigenvalue weighted by Gasteiger charge is -2.10. The average Bonchev–Trinajstić information content (AvgIpc) is 2.22. The first-order valence-corrected chi connectivity index (χ1v) is 5.37. The highest BCUT2D eigenvalue weighted by Gasteiger charge is 2.09. The minimum atomic E-state index is -0.205. The fourth-order valence-electron chi connectivity index (χ4n) is 1.45. The fourth-order valence-corrected chi connectivity index (χ4v) is 1.45. The highest BCUT2D eigenvalue weighted by molar-refractivity contribution is 5.71. The third-order valence-electron chi connectivity index (χ3n) is 2.40. The summed E-state index contributed by atoms with van der Waals surface area (Å²) in [5.41, 5.74) is 2.51. The highest BCUT2D eigenvalue weighted by Crippen LogP contribution is 2.23. The summed E-state index contributed by atoms with van der Waals surface area (Å²) >= 11 is 0. The van der Waals surface area contributed by atoms with Gasteiger partial charge in [0.05, 0.1) is 5.92 Å². The van der Waals surface area contributed by atoms with E-state index in [1.807, 2.05) is 26.0 Å². The largest absolute Gasteiger partial charge is 0.507 e. The number of rotatable bonds is 3. The van der Waals surface area contributed by atoms with Gasteiger partial charge >= 0.3 is 5.97 Å². The second-order valence-corrected chi connectivity index (χ2v) is 4.34. The minimum absolute atomic E-state index is 0.112. The van der Waals surface area contributed by atoms with Gasteiger partial charge in [-0.2, -0.15) is 0 Å². The van der Waals surface area contributed by atoms with Gasteiger partial charge in [0.15, 0.2) is 0 Å². The van der Waals surface area contributed by atoms with Gasteiger partial charge in [-0.15, -0.1) is 0 Å². The molecular formula is C13H18O3. The molecule has 1 N–H and O–H groups in total. The van der Waals surface area contributed by atoms with Gasteiger partial charge in [-0.3, -0.25) is 4.79 Å². The molecule has 0 atom stereocenters. The Balaban J connectivity index is 2.72. The second kappa shape index (κ2) is 5.01. The molecule has 0 unspecified atom stereocenters. The molecule has 0 saturated carbocycles. The van der Waals surface area contributed by atoms with E-state index in [1.54, 1.807) is 13.8 Å². The molecule has 1 aromatic rings. The van der Waals surface area contributed by atoms with Crippen molar-refractivity contribution in [2.75, 3.05) is 0 Å². The molecule has 0 radical (unpaired) electrons. The summed E-state index contributed by atoms with van der Waals surface area (Å²) in [7, 11) is 0. The Labute approximate surface area is 96.1 Å². The van der Waals surface area contributed by atoms with E-state index in [2.05, 4.69) is 0 Å². The third kappa shape index (κ3) is 2.99. The van der Waals surface area contributed by atoms with Crippen LogP contribution in [0.3, 0.4) is 0 Å². The Bertz CT molecular complexity index is 371. The number of esters is 1. The number of carbonyl (C=O) groups excluding carboxylic acids is 1. The normalized spacial score (nSPS) is 10.6. The van der Waals surface area contributed by atoms with Crippen LogP contribution < -0.4 is 0 Å². The molecule has 1 aromatic carbocycles. The standard InChI is InChI=1S/C13H18O3/c1-8(2)13(15)16-7-11-5-9(3)12(14)10(4)6-11/h5-6,8,14H,7H2,1-4H3. The number of phenols is 1. The van der Waals surface area contributed by atoms with Gasteiger partial charge in [0.2, 0.25) is 0 Å². The predicted molar refractivity (Wildman–Crippen MR) is 62.2 cm³/mol. The van der Waals surface area contributed by atoms with E-state index in [4.69, 9.17) is 4.74 Å². The molecule has 1 rings (SSSR count). The van der Waals surface area contributed by atoms with Crippen LogP contribution in [0.2, 0.25) is 0 Å². The third-order valence-corrected chi connectivity index (χ3v) is 2.40. The molecule has 0 aliphatic carbocycles. The predicted octanol–water partition coefficient (Wildman–Crippen LogP) is 2.71. The van der Waals surface area contributed by atoms with Crippen LogP contribution in [0.5, 0.6) is 5.75 Å². The van der Waals surface area contributed by atoms with Crippen LogP contribution in [-0.2, 0) is 16.1 Å². The molecule has 0 amide bonds. The number of ether oxygens (including phenoxy) is 1. The lowest BCUT2D eigenvalue weighted by atomic mass is 10.1. The van der Waals surface area contributed by atoms with E-state index in [1.165, 1.54) is 0 Å². The van der Waals surface area contributed by atoms with E-state index in [0.29, 0.717) is 5.75 Å². The maximum Gasteiger partial charge on any atom is 0.308 e. The van der Waals surface area contributed by atoms with Crippen molar-refractivity contribution in [3.63, 3.8) is 0 Å². The second-order valence-electron chi connectivity index (χ2n) is 4.34. The zero-order valence-corrected chi connectivity index (χ0v) is 10.2. The first kappa shape index (κ1) is 12.6. The molecule has 16 heavy (non-hydrogen) atoms. The van der Waals surface area contributed by atoms with E-state index in [9.17, 15) is 9.90 Å². The van der Waals surface area contributed by atoms with Crippen molar-refractivity contribution in [1.29, 1.82) is 0 Å². The van der Waals surface area contributed by atoms with Gasteiger partial charge < -0.3 is 9.84 Å². The zero-order valence-electron chi connectivity index (χ0n) is 10.2. The van der Waals surface area contributed by atoms with Crippen LogP contribution in [-0.4, -0.2) is 11.1 Å². The Hall–Kier alpha value is -1.51. The number of carbonyl (C=O) groups is 1. The molecule has 0 heterocycles. The van der Waals surface area contributed by atoms with Crippen LogP contribution in [0.15, 0.2) is 12.1 Å². The molecule has 88 valence electrons. The van der Waals surface area contributed by atoms with Crippen molar-refractivity contribution in [3.8, 4) is 5.75 Å². The minimum Gasteiger partial charge on any atom is -0.507 e. The number of aromatic hydroxyl groups is 1. The summed E-state index contributed by atoms with van der Waals surface area (Å²) < 4.78 is 5.12. The van der Waals surface area contributed by atoms with E-state index in [-0.39, 0.29) is 18.5 Å². The summed E-state index contributed by atoms with van der Waals surface area (Å²) in [5, 5.41) is 9.59. The van der Waals surface area contributed by atoms with Gasteiger partial charge in [0.25, 0.3) is 0 Å². The van der Waals surface area contributed by atoms with Crippen LogP contribution in [0.4, 0.5) is 0 Å². The Morgan fingerprint density at radius 3 is 2.25 bits per heavy atom. The fraction of sp³-hybridized carbons (Fsp3) is 0.462. The van der Waals surface area contributed by atoms with Gasteiger partial charge in [-0.1, -0.05) is 13.8 Å². The Morgan fingerprint density at radius 1 is 1.31 bits per heavy atom. The molecule has 0 aliphatic heterocycles. The summed E-state index contributed by atoms with van der Waals surface area (Å²) in [4.78, 5) is 11.3. The van der Waals surface area contributed by atoms with E-state index in [0.717, 1.165) is 16.7 Å². The van der Waals surface area contributed by atoms with Crippen LogP contribution in [0.1, 0.15) is 30.5 Å². The number of aryl methyl sites for hydroxylation is 2. The topological polar surface area (TPSA) is 46.5 Å². The van der Waals surface area contributed by atoms with Crippen molar-refractivity contribution < 1.29 is 14.6 Å². The average molecular weight is 222 g/mol. The van der Waals surface area contributed by atoms with Crippen LogP contribution >= 0.6 is 0 Å².